The van der Waals surface area contributed by atoms with Crippen molar-refractivity contribution in [1.29, 1.82) is 0 Å². The molecule has 0 aliphatic heterocycles. The van der Waals surface area contributed by atoms with Gasteiger partial charge in [0.05, 0.1) is 5.69 Å². The minimum absolute atomic E-state index is 0.511. The van der Waals surface area contributed by atoms with E-state index in [-0.39, 0.29) is 0 Å². The lowest BCUT2D eigenvalue weighted by molar-refractivity contribution is 0.590. The van der Waals surface area contributed by atoms with E-state index in [0.29, 0.717) is 6.04 Å². The normalized spacial score (nSPS) is 11.3. The van der Waals surface area contributed by atoms with Gasteiger partial charge in [-0.25, -0.2) is 4.98 Å². The predicted molar refractivity (Wildman–Crippen MR) is 94.8 cm³/mol. The van der Waals surface area contributed by atoms with Crippen LogP contribution in [0.25, 0.3) is 0 Å². The minimum atomic E-state index is 0.511. The number of thiazole rings is 1. The third-order valence-electron chi connectivity index (χ3n) is 3.37. The molecule has 5 heteroatoms. The van der Waals surface area contributed by atoms with Gasteiger partial charge >= 0.3 is 0 Å². The fraction of sp³-hybridized carbons (Fsp3) is 0.562. The Morgan fingerprint density at radius 3 is 2.81 bits per heavy atom. The molecule has 2 rings (SSSR count). The SMILES string of the molecule is CCc1nc(N(C)CCc2cccs2)sc1CNC(C)C. The summed E-state index contributed by atoms with van der Waals surface area (Å²) in [6, 6.07) is 4.83. The largest absolute Gasteiger partial charge is 0.351 e. The smallest absolute Gasteiger partial charge is 0.185 e. The third-order valence-corrected chi connectivity index (χ3v) is 5.52. The van der Waals surface area contributed by atoms with E-state index < -0.39 is 0 Å². The van der Waals surface area contributed by atoms with Gasteiger partial charge in [0.1, 0.15) is 0 Å². The zero-order valence-electron chi connectivity index (χ0n) is 13.3. The number of likely N-dealkylation sites (N-methyl/N-ethyl adjacent to an activating group) is 1. The summed E-state index contributed by atoms with van der Waals surface area (Å²) in [4.78, 5) is 9.91. The molecule has 0 amide bonds. The molecular weight excluding hydrogens is 298 g/mol. The van der Waals surface area contributed by atoms with Gasteiger partial charge in [-0.2, -0.15) is 0 Å². The van der Waals surface area contributed by atoms with Crippen molar-refractivity contribution in [2.24, 2.45) is 0 Å². The molecule has 0 fully saturated rings. The van der Waals surface area contributed by atoms with Gasteiger partial charge in [-0.3, -0.25) is 0 Å². The van der Waals surface area contributed by atoms with Crippen molar-refractivity contribution < 1.29 is 0 Å². The Kier molecular flexibility index (Phi) is 6.21. The van der Waals surface area contributed by atoms with Crippen molar-refractivity contribution in [2.75, 3.05) is 18.5 Å². The van der Waals surface area contributed by atoms with Gasteiger partial charge < -0.3 is 10.2 Å². The van der Waals surface area contributed by atoms with E-state index in [2.05, 4.69) is 55.5 Å². The second-order valence-electron chi connectivity index (χ2n) is 5.51. The van der Waals surface area contributed by atoms with E-state index in [0.717, 1.165) is 31.1 Å². The van der Waals surface area contributed by atoms with Crippen LogP contribution in [0.15, 0.2) is 17.5 Å². The first-order chi connectivity index (χ1) is 10.1. The average molecular weight is 324 g/mol. The van der Waals surface area contributed by atoms with Crippen LogP contribution in [0.2, 0.25) is 0 Å². The standard InChI is InChI=1S/C16H25N3S2/c1-5-14-15(11-17-12(2)3)21-16(18-14)19(4)9-8-13-7-6-10-20-13/h6-7,10,12,17H,5,8-9,11H2,1-4H3. The molecule has 0 radical (unpaired) electrons. The van der Waals surface area contributed by atoms with E-state index in [1.807, 2.05) is 22.7 Å². The van der Waals surface area contributed by atoms with Crippen LogP contribution in [0.3, 0.4) is 0 Å². The summed E-state index contributed by atoms with van der Waals surface area (Å²) in [7, 11) is 2.14. The lowest BCUT2D eigenvalue weighted by Gasteiger charge is -2.14. The van der Waals surface area contributed by atoms with Crippen LogP contribution >= 0.6 is 22.7 Å². The highest BCUT2D eigenvalue weighted by Gasteiger charge is 2.13. The molecule has 2 heterocycles. The number of hydrogen-bond acceptors (Lipinski definition) is 5. The van der Waals surface area contributed by atoms with Gasteiger partial charge in [0.15, 0.2) is 5.13 Å². The van der Waals surface area contributed by atoms with Gasteiger partial charge in [-0.15, -0.1) is 22.7 Å². The van der Waals surface area contributed by atoms with Crippen molar-refractivity contribution in [3.8, 4) is 0 Å². The van der Waals surface area contributed by atoms with E-state index in [1.54, 1.807) is 0 Å². The number of hydrogen-bond donors (Lipinski definition) is 1. The fourth-order valence-corrected chi connectivity index (χ4v) is 3.86. The Hall–Kier alpha value is -0.910. The first kappa shape index (κ1) is 16.5. The molecule has 0 bridgehead atoms. The molecule has 2 aromatic rings. The second-order valence-corrected chi connectivity index (χ2v) is 7.60. The Morgan fingerprint density at radius 2 is 2.19 bits per heavy atom. The summed E-state index contributed by atoms with van der Waals surface area (Å²) < 4.78 is 0. The monoisotopic (exact) mass is 323 g/mol. The maximum atomic E-state index is 4.81. The van der Waals surface area contributed by atoms with E-state index in [9.17, 15) is 0 Å². The van der Waals surface area contributed by atoms with Crippen molar-refractivity contribution in [3.05, 3.63) is 33.0 Å². The second kappa shape index (κ2) is 7.92. The van der Waals surface area contributed by atoms with Gasteiger partial charge in [0.25, 0.3) is 0 Å². The number of rotatable bonds is 8. The lowest BCUT2D eigenvalue weighted by atomic mass is 10.3. The maximum absolute atomic E-state index is 4.81. The zero-order chi connectivity index (χ0) is 15.2. The van der Waals surface area contributed by atoms with Crippen LogP contribution < -0.4 is 10.2 Å². The minimum Gasteiger partial charge on any atom is -0.351 e. The Bertz CT molecular complexity index is 532. The molecule has 0 aliphatic rings. The topological polar surface area (TPSA) is 28.2 Å². The van der Waals surface area contributed by atoms with Crippen LogP contribution in [-0.4, -0.2) is 24.6 Å². The summed E-state index contributed by atoms with van der Waals surface area (Å²) in [6.07, 6.45) is 2.10. The molecule has 0 aromatic carbocycles. The summed E-state index contributed by atoms with van der Waals surface area (Å²) in [5, 5.41) is 6.78. The van der Waals surface area contributed by atoms with Crippen LogP contribution in [-0.2, 0) is 19.4 Å². The average Bonchev–Trinajstić information content (AvgIpc) is 3.11. The first-order valence-electron chi connectivity index (χ1n) is 7.55. The predicted octanol–water partition coefficient (Wildman–Crippen LogP) is 3.94. The molecule has 0 saturated heterocycles. The Morgan fingerprint density at radius 1 is 1.38 bits per heavy atom. The third kappa shape index (κ3) is 4.80. The van der Waals surface area contributed by atoms with Gasteiger partial charge in [0.2, 0.25) is 0 Å². The lowest BCUT2D eigenvalue weighted by Crippen LogP contribution is -2.21. The number of thiophene rings is 1. The fourth-order valence-electron chi connectivity index (χ4n) is 2.07. The number of anilines is 1. The Labute approximate surface area is 136 Å². The van der Waals surface area contributed by atoms with Crippen LogP contribution in [0, 0.1) is 0 Å². The highest BCUT2D eigenvalue weighted by molar-refractivity contribution is 7.15. The number of aryl methyl sites for hydroxylation is 1. The van der Waals surface area contributed by atoms with Gasteiger partial charge in [-0.1, -0.05) is 26.8 Å². The molecule has 21 heavy (non-hydrogen) atoms. The maximum Gasteiger partial charge on any atom is 0.185 e. The van der Waals surface area contributed by atoms with E-state index >= 15 is 0 Å². The molecule has 3 nitrogen and oxygen atoms in total. The molecule has 1 N–H and O–H groups in total. The summed E-state index contributed by atoms with van der Waals surface area (Å²) in [6.45, 7) is 8.50. The zero-order valence-corrected chi connectivity index (χ0v) is 15.0. The highest BCUT2D eigenvalue weighted by Crippen LogP contribution is 2.26. The Balaban J connectivity index is 1.98. The molecule has 0 unspecified atom stereocenters. The summed E-state index contributed by atoms with van der Waals surface area (Å²) >= 11 is 3.66. The van der Waals surface area contributed by atoms with Crippen molar-refractivity contribution in [3.63, 3.8) is 0 Å². The number of nitrogens with zero attached hydrogens (tertiary/aromatic N) is 2. The van der Waals surface area contributed by atoms with Gasteiger partial charge in [0, 0.05) is 35.9 Å². The van der Waals surface area contributed by atoms with Crippen molar-refractivity contribution in [2.45, 2.75) is 46.2 Å². The van der Waals surface area contributed by atoms with Crippen molar-refractivity contribution >= 4 is 27.8 Å². The first-order valence-corrected chi connectivity index (χ1v) is 9.25. The number of nitrogens with one attached hydrogen (secondary N) is 1. The highest BCUT2D eigenvalue weighted by atomic mass is 32.1. The number of aromatic nitrogens is 1. The molecule has 0 atom stereocenters. The van der Waals surface area contributed by atoms with E-state index in [4.69, 9.17) is 4.98 Å². The summed E-state index contributed by atoms with van der Waals surface area (Å²) in [5.74, 6) is 0. The molecule has 0 aliphatic carbocycles. The van der Waals surface area contributed by atoms with Gasteiger partial charge in [-0.05, 0) is 24.3 Å². The van der Waals surface area contributed by atoms with E-state index in [1.165, 1.54) is 15.4 Å². The molecule has 0 spiro atoms. The molecule has 2 aromatic heterocycles. The molecular formula is C16H25N3S2. The van der Waals surface area contributed by atoms with Crippen LogP contribution in [0.4, 0.5) is 5.13 Å². The quantitative estimate of drug-likeness (QED) is 0.797. The van der Waals surface area contributed by atoms with Crippen LogP contribution in [0.1, 0.15) is 36.2 Å². The summed E-state index contributed by atoms with van der Waals surface area (Å²) in [5.41, 5.74) is 1.24. The molecule has 116 valence electrons. The van der Waals surface area contributed by atoms with Crippen LogP contribution in [0.5, 0.6) is 0 Å². The van der Waals surface area contributed by atoms with Crippen molar-refractivity contribution in [1.82, 2.24) is 10.3 Å². The molecule has 0 saturated carbocycles.